The van der Waals surface area contributed by atoms with Gasteiger partial charge in [-0.25, -0.2) is 0 Å². The van der Waals surface area contributed by atoms with Gasteiger partial charge in [-0.15, -0.1) is 0 Å². The molecule has 3 heteroatoms. The van der Waals surface area contributed by atoms with E-state index in [0.717, 1.165) is 25.3 Å². The van der Waals surface area contributed by atoms with Crippen LogP contribution in [0.15, 0.2) is 54.6 Å². The van der Waals surface area contributed by atoms with Gasteiger partial charge in [-0.1, -0.05) is 48.5 Å². The number of rotatable bonds is 5. The maximum absolute atomic E-state index is 5.47. The summed E-state index contributed by atoms with van der Waals surface area (Å²) in [6.45, 7) is 4.21. The fourth-order valence-electron chi connectivity index (χ4n) is 3.54. The van der Waals surface area contributed by atoms with Crippen molar-refractivity contribution in [2.45, 2.75) is 37.9 Å². The SMILES string of the molecule is COc1ccccc1CN[C@@]1(C)CCCN[C@H]1c1ccccc1. The largest absolute Gasteiger partial charge is 0.496 e. The van der Waals surface area contributed by atoms with E-state index in [1.165, 1.54) is 17.5 Å². The van der Waals surface area contributed by atoms with Crippen LogP contribution < -0.4 is 15.4 Å². The van der Waals surface area contributed by atoms with Crippen molar-refractivity contribution >= 4 is 0 Å². The number of hydrogen-bond acceptors (Lipinski definition) is 3. The van der Waals surface area contributed by atoms with Gasteiger partial charge in [0.25, 0.3) is 0 Å². The van der Waals surface area contributed by atoms with Crippen LogP contribution in [0.5, 0.6) is 5.75 Å². The molecule has 1 aliphatic rings. The molecule has 2 aromatic rings. The third kappa shape index (κ3) is 3.57. The van der Waals surface area contributed by atoms with Crippen LogP contribution >= 0.6 is 0 Å². The molecule has 3 rings (SSSR count). The average molecular weight is 310 g/mol. The summed E-state index contributed by atoms with van der Waals surface area (Å²) in [4.78, 5) is 0. The summed E-state index contributed by atoms with van der Waals surface area (Å²) >= 11 is 0. The molecule has 2 N–H and O–H groups in total. The first-order valence-corrected chi connectivity index (χ1v) is 8.38. The minimum atomic E-state index is 0.0282. The van der Waals surface area contributed by atoms with Crippen molar-refractivity contribution in [3.8, 4) is 5.75 Å². The van der Waals surface area contributed by atoms with Gasteiger partial charge in [0.2, 0.25) is 0 Å². The molecular formula is C20H26N2O. The van der Waals surface area contributed by atoms with E-state index in [9.17, 15) is 0 Å². The van der Waals surface area contributed by atoms with Gasteiger partial charge >= 0.3 is 0 Å². The number of hydrogen-bond donors (Lipinski definition) is 2. The van der Waals surface area contributed by atoms with Crippen molar-refractivity contribution in [1.29, 1.82) is 0 Å². The number of ether oxygens (including phenoxy) is 1. The lowest BCUT2D eigenvalue weighted by molar-refractivity contribution is 0.196. The molecule has 0 amide bonds. The van der Waals surface area contributed by atoms with Gasteiger partial charge in [-0.2, -0.15) is 0 Å². The van der Waals surface area contributed by atoms with Crippen molar-refractivity contribution in [3.63, 3.8) is 0 Å². The Labute approximate surface area is 139 Å². The average Bonchev–Trinajstić information content (AvgIpc) is 2.61. The number of methoxy groups -OCH3 is 1. The minimum Gasteiger partial charge on any atom is -0.496 e. The van der Waals surface area contributed by atoms with Gasteiger partial charge in [-0.05, 0) is 37.9 Å². The Bertz CT molecular complexity index is 629. The Kier molecular flexibility index (Phi) is 4.99. The summed E-state index contributed by atoms with van der Waals surface area (Å²) in [5.41, 5.74) is 2.58. The molecule has 23 heavy (non-hydrogen) atoms. The Balaban J connectivity index is 1.78. The van der Waals surface area contributed by atoms with Crippen LogP contribution in [0.4, 0.5) is 0 Å². The lowest BCUT2D eigenvalue weighted by Crippen LogP contribution is -2.55. The Morgan fingerprint density at radius 2 is 1.87 bits per heavy atom. The van der Waals surface area contributed by atoms with Crippen molar-refractivity contribution < 1.29 is 4.74 Å². The molecule has 1 fully saturated rings. The van der Waals surface area contributed by atoms with Crippen LogP contribution in [0.2, 0.25) is 0 Å². The number of para-hydroxylation sites is 1. The molecule has 1 heterocycles. The highest BCUT2D eigenvalue weighted by Gasteiger charge is 2.36. The Morgan fingerprint density at radius 1 is 1.13 bits per heavy atom. The zero-order valence-electron chi connectivity index (χ0n) is 14.0. The van der Waals surface area contributed by atoms with E-state index in [2.05, 4.69) is 60.0 Å². The summed E-state index contributed by atoms with van der Waals surface area (Å²) in [7, 11) is 1.73. The Morgan fingerprint density at radius 3 is 2.65 bits per heavy atom. The van der Waals surface area contributed by atoms with E-state index in [0.29, 0.717) is 6.04 Å². The summed E-state index contributed by atoms with van der Waals surface area (Å²) in [5.74, 6) is 0.948. The molecule has 0 radical (unpaired) electrons. The zero-order chi connectivity index (χ0) is 16.1. The third-order valence-electron chi connectivity index (χ3n) is 4.87. The maximum Gasteiger partial charge on any atom is 0.123 e. The molecule has 2 atom stereocenters. The first kappa shape index (κ1) is 16.0. The van der Waals surface area contributed by atoms with E-state index in [1.54, 1.807) is 7.11 Å². The molecule has 0 spiro atoms. The second-order valence-electron chi connectivity index (χ2n) is 6.48. The first-order chi connectivity index (χ1) is 11.2. The number of nitrogens with one attached hydrogen (secondary N) is 2. The molecule has 0 unspecified atom stereocenters. The van der Waals surface area contributed by atoms with Crippen LogP contribution in [0.3, 0.4) is 0 Å². The van der Waals surface area contributed by atoms with E-state index in [4.69, 9.17) is 4.74 Å². The van der Waals surface area contributed by atoms with Crippen molar-refractivity contribution in [3.05, 3.63) is 65.7 Å². The monoisotopic (exact) mass is 310 g/mol. The lowest BCUT2D eigenvalue weighted by atomic mass is 9.80. The second-order valence-corrected chi connectivity index (χ2v) is 6.48. The van der Waals surface area contributed by atoms with Crippen molar-refractivity contribution in [2.75, 3.05) is 13.7 Å². The van der Waals surface area contributed by atoms with Gasteiger partial charge in [0.15, 0.2) is 0 Å². The highest BCUT2D eigenvalue weighted by atomic mass is 16.5. The molecule has 0 bridgehead atoms. The lowest BCUT2D eigenvalue weighted by Gasteiger charge is -2.43. The van der Waals surface area contributed by atoms with Crippen LogP contribution in [0.25, 0.3) is 0 Å². The molecular weight excluding hydrogens is 284 g/mol. The van der Waals surface area contributed by atoms with Crippen molar-refractivity contribution in [2.24, 2.45) is 0 Å². The molecule has 0 aromatic heterocycles. The smallest absolute Gasteiger partial charge is 0.123 e. The highest BCUT2D eigenvalue weighted by Crippen LogP contribution is 2.33. The van der Waals surface area contributed by atoms with Crippen LogP contribution in [0.1, 0.15) is 36.9 Å². The molecule has 3 nitrogen and oxygen atoms in total. The topological polar surface area (TPSA) is 33.3 Å². The standard InChI is InChI=1S/C20H26N2O/c1-20(22-15-17-11-6-7-12-18(17)23-2)13-8-14-21-19(20)16-9-4-3-5-10-16/h3-7,9-12,19,21-22H,8,13-15H2,1-2H3/t19-,20-/m0/s1. The predicted octanol–water partition coefficient (Wildman–Crippen LogP) is 3.67. The van der Waals surface area contributed by atoms with Gasteiger partial charge in [0.05, 0.1) is 13.2 Å². The van der Waals surface area contributed by atoms with E-state index < -0.39 is 0 Å². The van der Waals surface area contributed by atoms with E-state index in [1.807, 2.05) is 12.1 Å². The van der Waals surface area contributed by atoms with Gasteiger partial charge in [0, 0.05) is 17.6 Å². The van der Waals surface area contributed by atoms with Gasteiger partial charge in [-0.3, -0.25) is 0 Å². The third-order valence-corrected chi connectivity index (χ3v) is 4.87. The number of piperidine rings is 1. The fraction of sp³-hybridized carbons (Fsp3) is 0.400. The molecule has 122 valence electrons. The molecule has 1 saturated heterocycles. The molecule has 0 aliphatic carbocycles. The summed E-state index contributed by atoms with van der Waals surface area (Å²) in [6.07, 6.45) is 2.35. The Hall–Kier alpha value is -1.84. The predicted molar refractivity (Wildman–Crippen MR) is 94.7 cm³/mol. The van der Waals surface area contributed by atoms with E-state index in [-0.39, 0.29) is 5.54 Å². The normalized spacial score (nSPS) is 24.3. The van der Waals surface area contributed by atoms with Crippen molar-refractivity contribution in [1.82, 2.24) is 10.6 Å². The fourth-order valence-corrected chi connectivity index (χ4v) is 3.54. The quantitative estimate of drug-likeness (QED) is 0.884. The van der Waals surface area contributed by atoms with Gasteiger partial charge in [0.1, 0.15) is 5.75 Å². The molecule has 1 aliphatic heterocycles. The van der Waals surface area contributed by atoms with E-state index >= 15 is 0 Å². The van der Waals surface area contributed by atoms with Gasteiger partial charge < -0.3 is 15.4 Å². The summed E-state index contributed by atoms with van der Waals surface area (Å²) < 4.78 is 5.47. The maximum atomic E-state index is 5.47. The molecule has 2 aromatic carbocycles. The minimum absolute atomic E-state index is 0.0282. The summed E-state index contributed by atoms with van der Waals surface area (Å²) in [6, 6.07) is 19.3. The zero-order valence-corrected chi connectivity index (χ0v) is 14.0. The van der Waals surface area contributed by atoms with Crippen LogP contribution in [-0.2, 0) is 6.54 Å². The van der Waals surface area contributed by atoms with Crippen LogP contribution in [-0.4, -0.2) is 19.2 Å². The molecule has 0 saturated carbocycles. The summed E-state index contributed by atoms with van der Waals surface area (Å²) in [5, 5.41) is 7.49. The number of benzene rings is 2. The second kappa shape index (κ2) is 7.16. The van der Waals surface area contributed by atoms with Crippen LogP contribution in [0, 0.1) is 0 Å². The highest BCUT2D eigenvalue weighted by molar-refractivity contribution is 5.33. The first-order valence-electron chi connectivity index (χ1n) is 8.38.